The van der Waals surface area contributed by atoms with Crippen molar-refractivity contribution >= 4 is 40.5 Å². The molecule has 12 nitrogen and oxygen atoms in total. The van der Waals surface area contributed by atoms with Gasteiger partial charge in [-0.25, -0.2) is 4.79 Å². The zero-order valence-electron chi connectivity index (χ0n) is 23.5. The normalized spacial score (nSPS) is 15.7. The van der Waals surface area contributed by atoms with Crippen LogP contribution in [0.1, 0.15) is 58.9 Å². The van der Waals surface area contributed by atoms with Crippen LogP contribution in [-0.2, 0) is 30.4 Å². The molecule has 0 radical (unpaired) electrons. The van der Waals surface area contributed by atoms with Crippen LogP contribution in [0.3, 0.4) is 0 Å². The second-order valence-corrected chi connectivity index (χ2v) is 10.3. The lowest BCUT2D eigenvalue weighted by atomic mass is 9.97. The van der Waals surface area contributed by atoms with Crippen molar-refractivity contribution in [1.29, 1.82) is 0 Å². The molecule has 0 aliphatic rings. The lowest BCUT2D eigenvalue weighted by molar-refractivity contribution is -0.144. The molecule has 2 aromatic rings. The summed E-state index contributed by atoms with van der Waals surface area (Å²) in [6, 6.07) is 3.05. The van der Waals surface area contributed by atoms with Crippen molar-refractivity contribution in [2.75, 3.05) is 0 Å². The number of nitrogens with one attached hydrogen (secondary N) is 4. The van der Waals surface area contributed by atoms with E-state index >= 15 is 0 Å². The number of carboxylic acids is 1. The quantitative estimate of drug-likeness (QED) is 0.158. The molecule has 0 saturated carbocycles. The topological polar surface area (TPSA) is 209 Å². The lowest BCUT2D eigenvalue weighted by Crippen LogP contribution is -2.58. The number of hydrogen-bond donors (Lipinski definition) is 7. The number of benzene rings is 1. The molecule has 0 aliphatic carbocycles. The van der Waals surface area contributed by atoms with E-state index in [2.05, 4.69) is 20.9 Å². The first kappa shape index (κ1) is 32.3. The van der Waals surface area contributed by atoms with Crippen LogP contribution >= 0.6 is 0 Å². The van der Waals surface area contributed by atoms with E-state index in [9.17, 15) is 29.1 Å². The number of hydrogen-bond acceptors (Lipinski definition) is 6. The van der Waals surface area contributed by atoms with E-state index in [1.165, 1.54) is 0 Å². The fourth-order valence-electron chi connectivity index (χ4n) is 4.27. The van der Waals surface area contributed by atoms with Crippen LogP contribution in [0, 0.1) is 11.8 Å². The van der Waals surface area contributed by atoms with Crippen molar-refractivity contribution in [2.24, 2.45) is 23.3 Å². The number of nitrogens with two attached hydrogens (primary N) is 2. The Bertz CT molecular complexity index is 1200. The number of primary amides is 1. The molecule has 6 atom stereocenters. The Kier molecular flexibility index (Phi) is 12.1. The van der Waals surface area contributed by atoms with Gasteiger partial charge in [0.1, 0.15) is 18.1 Å². The summed E-state index contributed by atoms with van der Waals surface area (Å²) in [5.74, 6) is -4.40. The predicted octanol–water partition coefficient (Wildman–Crippen LogP) is 0.934. The molecule has 0 bridgehead atoms. The number of H-pyrrole nitrogens is 1. The van der Waals surface area contributed by atoms with Crippen molar-refractivity contribution < 1.29 is 29.1 Å². The summed E-state index contributed by atoms with van der Waals surface area (Å²) in [6.07, 6.45) is 2.60. The molecule has 9 N–H and O–H groups in total. The summed E-state index contributed by atoms with van der Waals surface area (Å²) >= 11 is 0. The van der Waals surface area contributed by atoms with Gasteiger partial charge in [0.15, 0.2) is 0 Å². The van der Waals surface area contributed by atoms with Crippen molar-refractivity contribution in [3.05, 3.63) is 36.0 Å². The Hall–Kier alpha value is -3.93. The summed E-state index contributed by atoms with van der Waals surface area (Å²) in [7, 11) is 0. The zero-order valence-corrected chi connectivity index (χ0v) is 23.5. The van der Waals surface area contributed by atoms with Gasteiger partial charge in [0.25, 0.3) is 0 Å². The van der Waals surface area contributed by atoms with E-state index in [1.54, 1.807) is 20.0 Å². The third-order valence-corrected chi connectivity index (χ3v) is 7.38. The minimum atomic E-state index is -1.27. The average Bonchev–Trinajstić information content (AvgIpc) is 3.34. The fraction of sp³-hybridized carbons (Fsp3) is 0.536. The standard InChI is InChI=1S/C28H42N6O6/c1-5-15(3)23(30)27(38)33-21(13-17-14-31-19-10-8-7-9-18(17)19)26(37)32-20(11-12-22(29)35)25(36)34-24(28(39)40)16(4)6-2/h7-10,14-16,20-21,23-24,31H,5-6,11-13,30H2,1-4H3,(H2,29,35)(H,32,37)(H,33,38)(H,34,36)(H,39,40). The van der Waals surface area contributed by atoms with Crippen LogP contribution in [0.15, 0.2) is 30.5 Å². The van der Waals surface area contributed by atoms with Crippen molar-refractivity contribution in [3.8, 4) is 0 Å². The average molecular weight is 559 g/mol. The highest BCUT2D eigenvalue weighted by molar-refractivity contribution is 5.95. The first-order valence-electron chi connectivity index (χ1n) is 13.6. The maximum atomic E-state index is 13.6. The van der Waals surface area contributed by atoms with E-state index in [0.717, 1.165) is 16.5 Å². The molecule has 0 saturated heterocycles. The number of para-hydroxylation sites is 1. The summed E-state index contributed by atoms with van der Waals surface area (Å²) < 4.78 is 0. The van der Waals surface area contributed by atoms with Crippen molar-refractivity contribution in [2.45, 2.75) is 84.0 Å². The smallest absolute Gasteiger partial charge is 0.326 e. The maximum absolute atomic E-state index is 13.6. The molecule has 1 aromatic heterocycles. The Morgan fingerprint density at radius 2 is 1.50 bits per heavy atom. The van der Waals surface area contributed by atoms with Gasteiger partial charge in [-0.2, -0.15) is 0 Å². The first-order chi connectivity index (χ1) is 18.9. The fourth-order valence-corrected chi connectivity index (χ4v) is 4.27. The summed E-state index contributed by atoms with van der Waals surface area (Å²) in [5, 5.41) is 18.3. The maximum Gasteiger partial charge on any atom is 0.326 e. The number of carbonyl (C=O) groups is 5. The van der Waals surface area contributed by atoms with Crippen molar-refractivity contribution in [1.82, 2.24) is 20.9 Å². The van der Waals surface area contributed by atoms with E-state index < -0.39 is 53.8 Å². The lowest BCUT2D eigenvalue weighted by Gasteiger charge is -2.27. The molecular weight excluding hydrogens is 516 g/mol. The molecule has 6 unspecified atom stereocenters. The van der Waals surface area contributed by atoms with E-state index in [0.29, 0.717) is 12.8 Å². The monoisotopic (exact) mass is 558 g/mol. The molecule has 0 fully saturated rings. The molecule has 2 rings (SSSR count). The van der Waals surface area contributed by atoms with E-state index in [1.807, 2.05) is 38.1 Å². The van der Waals surface area contributed by atoms with Gasteiger partial charge in [-0.1, -0.05) is 58.7 Å². The predicted molar refractivity (Wildman–Crippen MR) is 151 cm³/mol. The Labute approximate surface area is 234 Å². The summed E-state index contributed by atoms with van der Waals surface area (Å²) in [4.78, 5) is 66.1. The van der Waals surface area contributed by atoms with Gasteiger partial charge in [0.05, 0.1) is 6.04 Å². The number of fused-ring (bicyclic) bond motifs is 1. The molecule has 1 aromatic carbocycles. The number of aromatic amines is 1. The van der Waals surface area contributed by atoms with Gasteiger partial charge in [-0.3, -0.25) is 19.2 Å². The number of carbonyl (C=O) groups excluding carboxylic acids is 4. The first-order valence-corrected chi connectivity index (χ1v) is 13.6. The van der Waals surface area contributed by atoms with Crippen LogP contribution in [0.5, 0.6) is 0 Å². The molecule has 4 amide bonds. The second-order valence-electron chi connectivity index (χ2n) is 10.3. The highest BCUT2D eigenvalue weighted by Gasteiger charge is 2.33. The Balaban J connectivity index is 2.34. The highest BCUT2D eigenvalue weighted by atomic mass is 16.4. The van der Waals surface area contributed by atoms with E-state index in [4.69, 9.17) is 11.5 Å². The number of amides is 4. The summed E-state index contributed by atoms with van der Waals surface area (Å²) in [5.41, 5.74) is 13.0. The third-order valence-electron chi connectivity index (χ3n) is 7.38. The Morgan fingerprint density at radius 3 is 2.10 bits per heavy atom. The number of aliphatic carboxylic acids is 1. The van der Waals surface area contributed by atoms with Crippen LogP contribution in [0.2, 0.25) is 0 Å². The van der Waals surface area contributed by atoms with Gasteiger partial charge < -0.3 is 37.5 Å². The minimum absolute atomic E-state index is 0.0869. The number of aromatic nitrogens is 1. The number of carboxylic acid groups (broad SMARTS) is 1. The van der Waals surface area contributed by atoms with Crippen LogP contribution in [0.4, 0.5) is 0 Å². The molecule has 220 valence electrons. The molecule has 0 aliphatic heterocycles. The van der Waals surface area contributed by atoms with Crippen molar-refractivity contribution in [3.63, 3.8) is 0 Å². The van der Waals surface area contributed by atoms with Crippen LogP contribution in [-0.4, -0.2) is 63.9 Å². The largest absolute Gasteiger partial charge is 0.480 e. The number of rotatable bonds is 16. The molecule has 12 heteroatoms. The summed E-state index contributed by atoms with van der Waals surface area (Å²) in [6.45, 7) is 7.21. The van der Waals surface area contributed by atoms with Crippen LogP contribution < -0.4 is 27.4 Å². The van der Waals surface area contributed by atoms with Gasteiger partial charge in [0.2, 0.25) is 23.6 Å². The zero-order chi connectivity index (χ0) is 30.0. The molecular formula is C28H42N6O6. The molecule has 0 spiro atoms. The SMILES string of the molecule is CCC(C)C(N)C(=O)NC(Cc1c[nH]c2ccccc12)C(=O)NC(CCC(N)=O)C(=O)NC(C(=O)O)C(C)CC. The van der Waals surface area contributed by atoms with Crippen LogP contribution in [0.25, 0.3) is 10.9 Å². The minimum Gasteiger partial charge on any atom is -0.480 e. The van der Waals surface area contributed by atoms with E-state index in [-0.39, 0.29) is 31.1 Å². The van der Waals surface area contributed by atoms with Gasteiger partial charge in [-0.05, 0) is 29.9 Å². The highest BCUT2D eigenvalue weighted by Crippen LogP contribution is 2.20. The molecule has 1 heterocycles. The van der Waals surface area contributed by atoms with Gasteiger partial charge in [0, 0.05) is 29.9 Å². The third kappa shape index (κ3) is 8.80. The second kappa shape index (κ2) is 15.0. The van der Waals surface area contributed by atoms with Gasteiger partial charge >= 0.3 is 5.97 Å². The molecule has 40 heavy (non-hydrogen) atoms. The Morgan fingerprint density at radius 1 is 0.900 bits per heavy atom. The van der Waals surface area contributed by atoms with Gasteiger partial charge in [-0.15, -0.1) is 0 Å².